The number of nitrogens with zero attached hydrogens (tertiary/aromatic N) is 4. The lowest BCUT2D eigenvalue weighted by Gasteiger charge is -2.35. The van der Waals surface area contributed by atoms with Crippen molar-refractivity contribution < 1.29 is 4.79 Å². The minimum absolute atomic E-state index is 0.0508. The van der Waals surface area contributed by atoms with Crippen molar-refractivity contribution in [2.75, 3.05) is 18.6 Å². The van der Waals surface area contributed by atoms with Gasteiger partial charge in [-0.05, 0) is 55.7 Å². The molecule has 0 unspecified atom stereocenters. The van der Waals surface area contributed by atoms with Crippen LogP contribution in [0.15, 0.2) is 18.2 Å². The van der Waals surface area contributed by atoms with Crippen LogP contribution in [0.3, 0.4) is 0 Å². The maximum atomic E-state index is 13.3. The lowest BCUT2D eigenvalue weighted by molar-refractivity contribution is 0.0771. The van der Waals surface area contributed by atoms with E-state index < -0.39 is 0 Å². The quantitative estimate of drug-likeness (QED) is 0.661. The fourth-order valence-electron chi connectivity index (χ4n) is 4.52. The van der Waals surface area contributed by atoms with E-state index in [1.165, 1.54) is 25.7 Å². The van der Waals surface area contributed by atoms with E-state index >= 15 is 0 Å². The Balaban J connectivity index is 1.68. The second kappa shape index (κ2) is 6.67. The van der Waals surface area contributed by atoms with Gasteiger partial charge in [-0.25, -0.2) is 4.98 Å². The van der Waals surface area contributed by atoms with Crippen molar-refractivity contribution in [3.8, 4) is 0 Å². The highest BCUT2D eigenvalue weighted by Gasteiger charge is 2.47. The molecule has 1 aromatic carbocycles. The largest absolute Gasteiger partial charge is 0.322 e. The number of hydrogen-bond acceptors (Lipinski definition) is 3. The summed E-state index contributed by atoms with van der Waals surface area (Å²) in [6.07, 6.45) is 5.84. The van der Waals surface area contributed by atoms with Crippen molar-refractivity contribution >= 4 is 40.6 Å². The number of anilines is 2. The second-order valence-electron chi connectivity index (χ2n) is 8.26. The average molecular weight is 419 g/mol. The van der Waals surface area contributed by atoms with Gasteiger partial charge < -0.3 is 14.4 Å². The number of carbonyl (C=O) groups is 1. The molecule has 0 saturated heterocycles. The van der Waals surface area contributed by atoms with Gasteiger partial charge in [0.15, 0.2) is 11.5 Å². The van der Waals surface area contributed by atoms with E-state index in [0.717, 1.165) is 29.4 Å². The molecule has 2 fully saturated rings. The second-order valence-corrected chi connectivity index (χ2v) is 9.10. The zero-order valence-corrected chi connectivity index (χ0v) is 17.7. The van der Waals surface area contributed by atoms with E-state index in [1.807, 2.05) is 24.1 Å². The summed E-state index contributed by atoms with van der Waals surface area (Å²) < 4.78 is 2.29. The van der Waals surface area contributed by atoms with Gasteiger partial charge in [0.05, 0.1) is 17.4 Å². The van der Waals surface area contributed by atoms with Crippen LogP contribution in [-0.2, 0) is 6.42 Å². The number of imidazole rings is 1. The van der Waals surface area contributed by atoms with Crippen molar-refractivity contribution in [3.05, 3.63) is 39.8 Å². The summed E-state index contributed by atoms with van der Waals surface area (Å²) in [4.78, 5) is 22.0. The third-order valence-electron chi connectivity index (χ3n) is 6.15. The first-order valence-corrected chi connectivity index (χ1v) is 10.8. The van der Waals surface area contributed by atoms with Crippen LogP contribution < -0.4 is 4.90 Å². The van der Waals surface area contributed by atoms with Gasteiger partial charge in [-0.2, -0.15) is 0 Å². The van der Waals surface area contributed by atoms with Gasteiger partial charge in [-0.15, -0.1) is 0 Å². The molecular weight excluding hydrogens is 395 g/mol. The summed E-state index contributed by atoms with van der Waals surface area (Å²) in [5.41, 5.74) is 1.55. The third kappa shape index (κ3) is 2.91. The molecular formula is C21H24Cl2N4O. The zero-order chi connectivity index (χ0) is 19.6. The lowest BCUT2D eigenvalue weighted by Crippen LogP contribution is -2.43. The number of amides is 1. The first kappa shape index (κ1) is 18.3. The fraction of sp³-hybridized carbons (Fsp3) is 0.524. The van der Waals surface area contributed by atoms with Gasteiger partial charge in [0, 0.05) is 24.5 Å². The molecule has 7 heteroatoms. The summed E-state index contributed by atoms with van der Waals surface area (Å²) in [6, 6.07) is 5.88. The smallest absolute Gasteiger partial charge is 0.275 e. The molecule has 0 radical (unpaired) electrons. The normalized spacial score (nSPS) is 19.5. The zero-order valence-electron chi connectivity index (χ0n) is 16.2. The number of rotatable bonds is 5. The first-order valence-electron chi connectivity index (χ1n) is 10.1. The lowest BCUT2D eigenvalue weighted by atomic mass is 10.1. The number of hydrogen-bond donors (Lipinski definition) is 0. The van der Waals surface area contributed by atoms with Crippen molar-refractivity contribution in [2.24, 2.45) is 11.8 Å². The van der Waals surface area contributed by atoms with E-state index in [4.69, 9.17) is 28.2 Å². The van der Waals surface area contributed by atoms with Gasteiger partial charge in [0.1, 0.15) is 5.82 Å². The molecule has 0 spiro atoms. The summed E-state index contributed by atoms with van der Waals surface area (Å²) >= 11 is 12.6. The number of fused-ring (bicyclic) bond motifs is 1. The topological polar surface area (TPSA) is 41.4 Å². The number of aryl methyl sites for hydroxylation is 1. The van der Waals surface area contributed by atoms with Crippen LogP contribution in [0.1, 0.15) is 55.0 Å². The monoisotopic (exact) mass is 418 g/mol. The molecule has 2 aliphatic carbocycles. The molecule has 5 nitrogen and oxygen atoms in total. The number of halogens is 2. The number of benzene rings is 1. The van der Waals surface area contributed by atoms with Crippen molar-refractivity contribution in [3.63, 3.8) is 0 Å². The Morgan fingerprint density at radius 3 is 2.43 bits per heavy atom. The number of carbonyl (C=O) groups excluding carboxylic acids is 1. The predicted molar refractivity (Wildman–Crippen MR) is 112 cm³/mol. The molecule has 0 N–H and O–H groups in total. The summed E-state index contributed by atoms with van der Waals surface area (Å²) in [5.74, 6) is 3.16. The summed E-state index contributed by atoms with van der Waals surface area (Å²) in [7, 11) is 1.84. The van der Waals surface area contributed by atoms with E-state index in [2.05, 4.69) is 11.5 Å². The highest BCUT2D eigenvalue weighted by Crippen LogP contribution is 2.54. The molecule has 148 valence electrons. The van der Waals surface area contributed by atoms with Gasteiger partial charge in [-0.1, -0.05) is 30.1 Å². The van der Waals surface area contributed by atoms with Crippen LogP contribution in [0.25, 0.3) is 0 Å². The molecule has 28 heavy (non-hydrogen) atoms. The van der Waals surface area contributed by atoms with Crippen LogP contribution >= 0.6 is 23.2 Å². The molecule has 5 rings (SSSR count). The van der Waals surface area contributed by atoms with Crippen molar-refractivity contribution in [1.29, 1.82) is 0 Å². The molecule has 3 aliphatic rings. The Bertz CT molecular complexity index is 936. The Morgan fingerprint density at radius 1 is 1.18 bits per heavy atom. The molecule has 0 atom stereocenters. The maximum absolute atomic E-state index is 13.3. The fourth-order valence-corrected chi connectivity index (χ4v) is 5.03. The van der Waals surface area contributed by atoms with E-state index in [-0.39, 0.29) is 5.91 Å². The van der Waals surface area contributed by atoms with E-state index in [1.54, 1.807) is 11.0 Å². The standard InChI is InChI=1S/C21H24Cl2N4O/c1-3-17-24-20-19(27(17)18(12-4-5-12)13-6-7-13)21(28)25(2)11-26(20)16-9-8-14(22)10-15(16)23/h8-10,12-13,18H,3-7,11H2,1-2H3. The Kier molecular flexibility index (Phi) is 4.36. The number of aromatic nitrogens is 2. The summed E-state index contributed by atoms with van der Waals surface area (Å²) in [6.45, 7) is 2.54. The van der Waals surface area contributed by atoms with Crippen LogP contribution in [0.5, 0.6) is 0 Å². The SMILES string of the molecule is CCc1nc2c(n1C(C1CC1)C1CC1)C(=O)N(C)CN2c1ccc(Cl)cc1Cl. The van der Waals surface area contributed by atoms with Crippen LogP contribution in [0.2, 0.25) is 10.0 Å². The van der Waals surface area contributed by atoms with Crippen LogP contribution in [-0.4, -0.2) is 34.1 Å². The molecule has 2 aromatic rings. The van der Waals surface area contributed by atoms with E-state index in [0.29, 0.717) is 34.6 Å². The minimum Gasteiger partial charge on any atom is -0.322 e. The minimum atomic E-state index is 0.0508. The molecule has 2 heterocycles. The molecule has 0 bridgehead atoms. The van der Waals surface area contributed by atoms with Crippen LogP contribution in [0.4, 0.5) is 11.5 Å². The Hall–Kier alpha value is -1.72. The van der Waals surface area contributed by atoms with Gasteiger partial charge >= 0.3 is 0 Å². The highest BCUT2D eigenvalue weighted by molar-refractivity contribution is 6.36. The van der Waals surface area contributed by atoms with Gasteiger partial charge in [0.2, 0.25) is 0 Å². The van der Waals surface area contributed by atoms with Crippen molar-refractivity contribution in [1.82, 2.24) is 14.5 Å². The highest BCUT2D eigenvalue weighted by atomic mass is 35.5. The predicted octanol–water partition coefficient (Wildman–Crippen LogP) is 5.29. The average Bonchev–Trinajstić information content (AvgIpc) is 3.58. The Morgan fingerprint density at radius 2 is 1.86 bits per heavy atom. The summed E-state index contributed by atoms with van der Waals surface area (Å²) in [5, 5.41) is 1.16. The first-order chi connectivity index (χ1) is 13.5. The van der Waals surface area contributed by atoms with Gasteiger partial charge in [-0.3, -0.25) is 4.79 Å². The van der Waals surface area contributed by atoms with Gasteiger partial charge in [0.25, 0.3) is 5.91 Å². The van der Waals surface area contributed by atoms with Crippen LogP contribution in [0, 0.1) is 11.8 Å². The molecule has 2 saturated carbocycles. The van der Waals surface area contributed by atoms with E-state index in [9.17, 15) is 4.79 Å². The molecule has 1 aromatic heterocycles. The molecule has 1 aliphatic heterocycles. The Labute approximate surface area is 175 Å². The maximum Gasteiger partial charge on any atom is 0.275 e. The third-order valence-corrected chi connectivity index (χ3v) is 6.69. The molecule has 1 amide bonds. The van der Waals surface area contributed by atoms with Crippen molar-refractivity contribution in [2.45, 2.75) is 45.1 Å².